The SMILES string of the molecule is C1=C(c2ccccc2)C2CCCCC2C1. The van der Waals surface area contributed by atoms with Gasteiger partial charge in [0.25, 0.3) is 0 Å². The second-order valence-electron chi connectivity index (χ2n) is 4.91. The van der Waals surface area contributed by atoms with E-state index in [1.165, 1.54) is 37.7 Å². The molecule has 0 aliphatic heterocycles. The smallest absolute Gasteiger partial charge is 0.0128 e. The van der Waals surface area contributed by atoms with Crippen LogP contribution in [0.3, 0.4) is 0 Å². The van der Waals surface area contributed by atoms with Crippen molar-refractivity contribution in [3.63, 3.8) is 0 Å². The second kappa shape index (κ2) is 3.84. The Morgan fingerprint density at radius 2 is 1.73 bits per heavy atom. The summed E-state index contributed by atoms with van der Waals surface area (Å²) < 4.78 is 0. The number of allylic oxidation sites excluding steroid dienone is 2. The number of benzene rings is 1. The molecule has 2 aliphatic carbocycles. The molecular formula is C15H18. The number of rotatable bonds is 1. The Morgan fingerprint density at radius 3 is 2.60 bits per heavy atom. The van der Waals surface area contributed by atoms with Crippen molar-refractivity contribution in [1.82, 2.24) is 0 Å². The topological polar surface area (TPSA) is 0 Å². The molecular weight excluding hydrogens is 180 g/mol. The van der Waals surface area contributed by atoms with Gasteiger partial charge < -0.3 is 0 Å². The molecule has 0 nitrogen and oxygen atoms in total. The number of fused-ring (bicyclic) bond motifs is 1. The molecule has 1 saturated carbocycles. The van der Waals surface area contributed by atoms with Gasteiger partial charge in [-0.2, -0.15) is 0 Å². The minimum absolute atomic E-state index is 0.876. The molecule has 1 aromatic rings. The first-order chi connectivity index (χ1) is 7.45. The van der Waals surface area contributed by atoms with Crippen LogP contribution in [0.4, 0.5) is 0 Å². The van der Waals surface area contributed by atoms with Crippen molar-refractivity contribution in [2.24, 2.45) is 11.8 Å². The van der Waals surface area contributed by atoms with Gasteiger partial charge in [0, 0.05) is 0 Å². The Kier molecular flexibility index (Phi) is 2.36. The lowest BCUT2D eigenvalue weighted by molar-refractivity contribution is 0.311. The predicted molar refractivity (Wildman–Crippen MR) is 64.5 cm³/mol. The van der Waals surface area contributed by atoms with E-state index in [0.717, 1.165) is 11.8 Å². The summed E-state index contributed by atoms with van der Waals surface area (Å²) in [4.78, 5) is 0. The van der Waals surface area contributed by atoms with Crippen molar-refractivity contribution in [2.75, 3.05) is 0 Å². The number of hydrogen-bond donors (Lipinski definition) is 0. The van der Waals surface area contributed by atoms with E-state index in [1.807, 2.05) is 0 Å². The maximum Gasteiger partial charge on any atom is -0.0128 e. The van der Waals surface area contributed by atoms with Crippen LogP contribution in [0.15, 0.2) is 36.4 Å². The van der Waals surface area contributed by atoms with E-state index in [0.29, 0.717) is 0 Å². The zero-order valence-electron chi connectivity index (χ0n) is 9.15. The van der Waals surface area contributed by atoms with E-state index >= 15 is 0 Å². The Bertz CT molecular complexity index is 361. The molecule has 2 atom stereocenters. The van der Waals surface area contributed by atoms with Crippen molar-refractivity contribution in [3.05, 3.63) is 42.0 Å². The molecule has 1 aromatic carbocycles. The van der Waals surface area contributed by atoms with E-state index in [1.54, 1.807) is 5.57 Å². The summed E-state index contributed by atoms with van der Waals surface area (Å²) in [5.41, 5.74) is 3.10. The third kappa shape index (κ3) is 1.62. The monoisotopic (exact) mass is 198 g/mol. The van der Waals surface area contributed by atoms with Crippen LogP contribution in [0, 0.1) is 11.8 Å². The predicted octanol–water partition coefficient (Wildman–Crippen LogP) is 4.28. The quantitative estimate of drug-likeness (QED) is 0.632. The van der Waals surface area contributed by atoms with Crippen molar-refractivity contribution in [2.45, 2.75) is 32.1 Å². The van der Waals surface area contributed by atoms with E-state index in [4.69, 9.17) is 0 Å². The molecule has 0 bridgehead atoms. The summed E-state index contributed by atoms with van der Waals surface area (Å²) in [6.07, 6.45) is 9.59. The van der Waals surface area contributed by atoms with Gasteiger partial charge in [0.05, 0.1) is 0 Å². The minimum atomic E-state index is 0.876. The van der Waals surface area contributed by atoms with Crippen molar-refractivity contribution in [1.29, 1.82) is 0 Å². The van der Waals surface area contributed by atoms with E-state index < -0.39 is 0 Å². The molecule has 0 heterocycles. The Labute approximate surface area is 92.0 Å². The van der Waals surface area contributed by atoms with Crippen LogP contribution in [0.2, 0.25) is 0 Å². The molecule has 0 heteroatoms. The normalized spacial score (nSPS) is 29.7. The van der Waals surface area contributed by atoms with Gasteiger partial charge in [-0.3, -0.25) is 0 Å². The molecule has 2 aliphatic rings. The van der Waals surface area contributed by atoms with Gasteiger partial charge in [0.1, 0.15) is 0 Å². The molecule has 0 amide bonds. The largest absolute Gasteiger partial charge is 0.0801 e. The lowest BCUT2D eigenvalue weighted by Crippen LogP contribution is -2.15. The van der Waals surface area contributed by atoms with Gasteiger partial charge in [0.2, 0.25) is 0 Å². The van der Waals surface area contributed by atoms with Gasteiger partial charge >= 0.3 is 0 Å². The Balaban J connectivity index is 1.88. The van der Waals surface area contributed by atoms with E-state index in [-0.39, 0.29) is 0 Å². The summed E-state index contributed by atoms with van der Waals surface area (Å²) in [5.74, 6) is 1.84. The maximum absolute atomic E-state index is 2.50. The molecule has 3 rings (SSSR count). The highest BCUT2D eigenvalue weighted by Crippen LogP contribution is 2.46. The van der Waals surface area contributed by atoms with Crippen LogP contribution in [-0.4, -0.2) is 0 Å². The molecule has 0 saturated heterocycles. The Hall–Kier alpha value is -1.04. The molecule has 2 unspecified atom stereocenters. The van der Waals surface area contributed by atoms with Crippen molar-refractivity contribution < 1.29 is 0 Å². The molecule has 0 radical (unpaired) electrons. The van der Waals surface area contributed by atoms with Gasteiger partial charge in [-0.1, -0.05) is 49.2 Å². The van der Waals surface area contributed by atoms with Gasteiger partial charge in [-0.05, 0) is 42.2 Å². The fraction of sp³-hybridized carbons (Fsp3) is 0.467. The second-order valence-corrected chi connectivity index (χ2v) is 4.91. The summed E-state index contributed by atoms with van der Waals surface area (Å²) in [7, 11) is 0. The summed E-state index contributed by atoms with van der Waals surface area (Å²) in [6, 6.07) is 11.0. The fourth-order valence-electron chi connectivity index (χ4n) is 3.29. The van der Waals surface area contributed by atoms with Crippen LogP contribution in [0.1, 0.15) is 37.7 Å². The zero-order chi connectivity index (χ0) is 10.1. The van der Waals surface area contributed by atoms with Crippen LogP contribution < -0.4 is 0 Å². The molecule has 0 N–H and O–H groups in total. The average molecular weight is 198 g/mol. The van der Waals surface area contributed by atoms with Gasteiger partial charge in [-0.15, -0.1) is 0 Å². The lowest BCUT2D eigenvalue weighted by atomic mass is 9.77. The van der Waals surface area contributed by atoms with Crippen LogP contribution >= 0.6 is 0 Å². The Morgan fingerprint density at radius 1 is 0.933 bits per heavy atom. The highest BCUT2D eigenvalue weighted by atomic mass is 14.4. The molecule has 0 spiro atoms. The molecule has 15 heavy (non-hydrogen) atoms. The fourth-order valence-corrected chi connectivity index (χ4v) is 3.29. The van der Waals surface area contributed by atoms with Gasteiger partial charge in [0.15, 0.2) is 0 Å². The average Bonchev–Trinajstić information content (AvgIpc) is 2.74. The standard InChI is InChI=1S/C15H18/c1-2-6-12(7-3-1)15-11-10-13-8-4-5-9-14(13)15/h1-3,6-7,11,13-14H,4-5,8-10H2. The number of hydrogen-bond acceptors (Lipinski definition) is 0. The van der Waals surface area contributed by atoms with Crippen molar-refractivity contribution >= 4 is 5.57 Å². The summed E-state index contributed by atoms with van der Waals surface area (Å²) in [6.45, 7) is 0. The lowest BCUT2D eigenvalue weighted by Gasteiger charge is -2.27. The highest BCUT2D eigenvalue weighted by molar-refractivity contribution is 5.69. The first kappa shape index (κ1) is 9.21. The minimum Gasteiger partial charge on any atom is -0.0801 e. The van der Waals surface area contributed by atoms with Crippen molar-refractivity contribution in [3.8, 4) is 0 Å². The van der Waals surface area contributed by atoms with Crippen LogP contribution in [0.5, 0.6) is 0 Å². The van der Waals surface area contributed by atoms with E-state index in [2.05, 4.69) is 36.4 Å². The third-order valence-electron chi connectivity index (χ3n) is 4.06. The first-order valence-corrected chi connectivity index (χ1v) is 6.20. The highest BCUT2D eigenvalue weighted by Gasteiger charge is 2.31. The molecule has 0 aromatic heterocycles. The summed E-state index contributed by atoms with van der Waals surface area (Å²) in [5, 5.41) is 0. The summed E-state index contributed by atoms with van der Waals surface area (Å²) >= 11 is 0. The van der Waals surface area contributed by atoms with Crippen LogP contribution in [0.25, 0.3) is 5.57 Å². The third-order valence-corrected chi connectivity index (χ3v) is 4.06. The molecule has 1 fully saturated rings. The van der Waals surface area contributed by atoms with Gasteiger partial charge in [-0.25, -0.2) is 0 Å². The van der Waals surface area contributed by atoms with E-state index in [9.17, 15) is 0 Å². The zero-order valence-corrected chi connectivity index (χ0v) is 9.15. The maximum atomic E-state index is 2.50. The van der Waals surface area contributed by atoms with Crippen LogP contribution in [-0.2, 0) is 0 Å². The first-order valence-electron chi connectivity index (χ1n) is 6.20. The molecule has 78 valence electrons.